The minimum Gasteiger partial charge on any atom is -0.391 e. The first-order valence-electron chi connectivity index (χ1n) is 7.56. The fourth-order valence-electron chi connectivity index (χ4n) is 2.00. The highest BCUT2D eigenvalue weighted by molar-refractivity contribution is 4.66. The molecule has 0 radical (unpaired) electrons. The third-order valence-electron chi connectivity index (χ3n) is 3.39. The molecule has 0 bridgehead atoms. The van der Waals surface area contributed by atoms with Crippen molar-refractivity contribution in [1.29, 1.82) is 0 Å². The Kier molecular flexibility index (Phi) is 11.6. The number of aliphatic hydroxyl groups excluding tert-OH is 2. The molecule has 2 N–H and O–H groups in total. The SMILES string of the molecule is CCCCCCCCC(OCC(CO)[N+](=O)[O-])C(C)O. The molecule has 0 aliphatic heterocycles. The maximum absolute atomic E-state index is 10.6. The van der Waals surface area contributed by atoms with Crippen LogP contribution in [0.25, 0.3) is 0 Å². The molecule has 6 nitrogen and oxygen atoms in total. The maximum atomic E-state index is 10.6. The van der Waals surface area contributed by atoms with E-state index in [1.54, 1.807) is 6.92 Å². The summed E-state index contributed by atoms with van der Waals surface area (Å²) in [6.45, 7) is 3.09. The smallest absolute Gasteiger partial charge is 0.258 e. The number of hydrogen-bond donors (Lipinski definition) is 2. The van der Waals surface area contributed by atoms with Gasteiger partial charge in [-0.2, -0.15) is 0 Å². The molecule has 0 rings (SSSR count). The van der Waals surface area contributed by atoms with Crippen molar-refractivity contribution in [2.75, 3.05) is 13.2 Å². The Labute approximate surface area is 121 Å². The minimum atomic E-state index is -1.11. The van der Waals surface area contributed by atoms with Crippen molar-refractivity contribution in [3.8, 4) is 0 Å². The molecule has 120 valence electrons. The molecule has 20 heavy (non-hydrogen) atoms. The van der Waals surface area contributed by atoms with Crippen LogP contribution in [0.1, 0.15) is 58.8 Å². The van der Waals surface area contributed by atoms with Crippen molar-refractivity contribution in [3.63, 3.8) is 0 Å². The monoisotopic (exact) mass is 291 g/mol. The predicted octanol–water partition coefficient (Wildman–Crippen LogP) is 2.14. The molecule has 0 aromatic heterocycles. The van der Waals surface area contributed by atoms with Crippen LogP contribution in [0.2, 0.25) is 0 Å². The van der Waals surface area contributed by atoms with E-state index in [9.17, 15) is 15.2 Å². The number of nitro groups is 1. The van der Waals surface area contributed by atoms with E-state index in [4.69, 9.17) is 9.84 Å². The van der Waals surface area contributed by atoms with Gasteiger partial charge in [-0.1, -0.05) is 45.4 Å². The van der Waals surface area contributed by atoms with E-state index in [-0.39, 0.29) is 6.61 Å². The molecule has 6 heteroatoms. The van der Waals surface area contributed by atoms with Gasteiger partial charge in [0.2, 0.25) is 0 Å². The average molecular weight is 291 g/mol. The van der Waals surface area contributed by atoms with Gasteiger partial charge in [0, 0.05) is 4.92 Å². The lowest BCUT2D eigenvalue weighted by atomic mass is 10.0. The van der Waals surface area contributed by atoms with E-state index < -0.39 is 29.8 Å². The third kappa shape index (κ3) is 9.23. The summed E-state index contributed by atoms with van der Waals surface area (Å²) in [5, 5.41) is 29.1. The summed E-state index contributed by atoms with van der Waals surface area (Å²) in [5.41, 5.74) is 0. The highest BCUT2D eigenvalue weighted by Crippen LogP contribution is 2.13. The van der Waals surface area contributed by atoms with Crippen molar-refractivity contribution in [3.05, 3.63) is 10.1 Å². The Hall–Kier alpha value is -0.720. The van der Waals surface area contributed by atoms with E-state index in [1.165, 1.54) is 25.7 Å². The molecule has 0 spiro atoms. The van der Waals surface area contributed by atoms with Crippen LogP contribution < -0.4 is 0 Å². The first kappa shape index (κ1) is 19.3. The van der Waals surface area contributed by atoms with Crippen LogP contribution in [0.4, 0.5) is 0 Å². The Morgan fingerprint density at radius 1 is 1.20 bits per heavy atom. The largest absolute Gasteiger partial charge is 0.391 e. The van der Waals surface area contributed by atoms with Gasteiger partial charge in [0.15, 0.2) is 0 Å². The summed E-state index contributed by atoms with van der Waals surface area (Å²) in [5.74, 6) is 0. The topological polar surface area (TPSA) is 92.8 Å². The van der Waals surface area contributed by atoms with Crippen LogP contribution in [0.5, 0.6) is 0 Å². The minimum absolute atomic E-state index is 0.158. The standard InChI is InChI=1S/C14H29NO5/c1-3-4-5-6-7-8-9-14(12(2)17)20-11-13(10-16)15(18)19/h12-14,16-17H,3-11H2,1-2H3. The van der Waals surface area contributed by atoms with Gasteiger partial charge >= 0.3 is 0 Å². The first-order valence-corrected chi connectivity index (χ1v) is 7.56. The van der Waals surface area contributed by atoms with Gasteiger partial charge in [0.1, 0.15) is 13.2 Å². The highest BCUT2D eigenvalue weighted by Gasteiger charge is 2.23. The van der Waals surface area contributed by atoms with Crippen molar-refractivity contribution in [1.82, 2.24) is 0 Å². The molecule has 0 heterocycles. The number of ether oxygens (including phenoxy) is 1. The van der Waals surface area contributed by atoms with Crippen molar-refractivity contribution >= 4 is 0 Å². The number of nitrogens with zero attached hydrogens (tertiary/aromatic N) is 1. The summed E-state index contributed by atoms with van der Waals surface area (Å²) in [7, 11) is 0. The number of hydrogen-bond acceptors (Lipinski definition) is 5. The third-order valence-corrected chi connectivity index (χ3v) is 3.39. The van der Waals surface area contributed by atoms with Crippen molar-refractivity contribution in [2.45, 2.75) is 77.0 Å². The quantitative estimate of drug-likeness (QED) is 0.308. The Morgan fingerprint density at radius 2 is 1.80 bits per heavy atom. The lowest BCUT2D eigenvalue weighted by molar-refractivity contribution is -0.530. The number of aliphatic hydroxyl groups is 2. The fourth-order valence-corrected chi connectivity index (χ4v) is 2.00. The van der Waals surface area contributed by atoms with Crippen molar-refractivity contribution in [2.24, 2.45) is 0 Å². The molecule has 0 saturated carbocycles. The van der Waals surface area contributed by atoms with Crippen LogP contribution >= 0.6 is 0 Å². The normalized spacial score (nSPS) is 15.8. The van der Waals surface area contributed by atoms with Gasteiger partial charge in [0.05, 0.1) is 12.2 Å². The summed E-state index contributed by atoms with van der Waals surface area (Å²) in [6, 6.07) is -1.11. The Morgan fingerprint density at radius 3 is 2.30 bits per heavy atom. The lowest BCUT2D eigenvalue weighted by Crippen LogP contribution is -2.35. The molecular weight excluding hydrogens is 262 g/mol. The molecule has 3 unspecified atom stereocenters. The van der Waals surface area contributed by atoms with Crippen LogP contribution in [-0.4, -0.2) is 46.6 Å². The Bertz CT molecular complexity index is 248. The van der Waals surface area contributed by atoms with Crippen LogP contribution in [-0.2, 0) is 4.74 Å². The van der Waals surface area contributed by atoms with E-state index >= 15 is 0 Å². The summed E-state index contributed by atoms with van der Waals surface area (Å²) in [6.07, 6.45) is 6.54. The van der Waals surface area contributed by atoms with Crippen LogP contribution in [0.3, 0.4) is 0 Å². The van der Waals surface area contributed by atoms with Crippen LogP contribution in [0, 0.1) is 10.1 Å². The molecule has 0 fully saturated rings. The second kappa shape index (κ2) is 12.1. The van der Waals surface area contributed by atoms with E-state index in [1.807, 2.05) is 0 Å². The predicted molar refractivity (Wildman–Crippen MR) is 77.3 cm³/mol. The Balaban J connectivity index is 3.90. The molecule has 0 saturated heterocycles. The van der Waals surface area contributed by atoms with E-state index in [0.717, 1.165) is 12.8 Å². The fraction of sp³-hybridized carbons (Fsp3) is 1.00. The van der Waals surface area contributed by atoms with Gasteiger partial charge in [-0.05, 0) is 13.3 Å². The zero-order valence-electron chi connectivity index (χ0n) is 12.7. The molecular formula is C14H29NO5. The zero-order chi connectivity index (χ0) is 15.4. The summed E-state index contributed by atoms with van der Waals surface area (Å²) < 4.78 is 5.39. The molecule has 0 aliphatic rings. The lowest BCUT2D eigenvalue weighted by Gasteiger charge is -2.21. The molecule has 0 amide bonds. The average Bonchev–Trinajstić information content (AvgIpc) is 2.40. The van der Waals surface area contributed by atoms with Gasteiger partial charge < -0.3 is 14.9 Å². The first-order chi connectivity index (χ1) is 9.52. The number of rotatable bonds is 13. The van der Waals surface area contributed by atoms with Crippen molar-refractivity contribution < 1.29 is 19.9 Å². The van der Waals surface area contributed by atoms with Gasteiger partial charge in [-0.25, -0.2) is 0 Å². The molecule has 0 aromatic carbocycles. The van der Waals surface area contributed by atoms with Gasteiger partial charge in [-0.3, -0.25) is 10.1 Å². The van der Waals surface area contributed by atoms with Gasteiger partial charge in [-0.15, -0.1) is 0 Å². The maximum Gasteiger partial charge on any atom is 0.258 e. The highest BCUT2D eigenvalue weighted by atomic mass is 16.6. The molecule has 0 aromatic rings. The number of unbranched alkanes of at least 4 members (excludes halogenated alkanes) is 5. The second-order valence-corrected chi connectivity index (χ2v) is 5.29. The molecule has 3 atom stereocenters. The van der Waals surface area contributed by atoms with Crippen LogP contribution in [0.15, 0.2) is 0 Å². The second-order valence-electron chi connectivity index (χ2n) is 5.29. The van der Waals surface area contributed by atoms with Gasteiger partial charge in [0.25, 0.3) is 6.04 Å². The molecule has 0 aliphatic carbocycles. The summed E-state index contributed by atoms with van der Waals surface area (Å²) in [4.78, 5) is 10.0. The summed E-state index contributed by atoms with van der Waals surface area (Å²) >= 11 is 0. The van der Waals surface area contributed by atoms with E-state index in [2.05, 4.69) is 6.92 Å². The zero-order valence-corrected chi connectivity index (χ0v) is 12.7. The van der Waals surface area contributed by atoms with E-state index in [0.29, 0.717) is 6.42 Å².